The monoisotopic (exact) mass is 1710 g/mol. The molecular weight excluding hydrogens is 1580 g/mol. The summed E-state index contributed by atoms with van der Waals surface area (Å²) in [6, 6.07) is 74.6. The maximum atomic E-state index is 12.8. The lowest BCUT2D eigenvalue weighted by atomic mass is 9.78. The number of benzene rings is 12. The molecule has 0 radical (unpaired) electrons. The minimum atomic E-state index is -0.522. The van der Waals surface area contributed by atoms with Gasteiger partial charge in [0.15, 0.2) is 0 Å². The van der Waals surface area contributed by atoms with Gasteiger partial charge in [0, 0.05) is 93.7 Å². The van der Waals surface area contributed by atoms with Crippen molar-refractivity contribution in [3.8, 4) is 68.2 Å². The van der Waals surface area contributed by atoms with E-state index in [2.05, 4.69) is 249 Å². The highest BCUT2D eigenvalue weighted by molar-refractivity contribution is 6.17. The molecule has 0 aliphatic heterocycles. The molecule has 0 saturated carbocycles. The highest BCUT2D eigenvalue weighted by Crippen LogP contribution is 2.49. The lowest BCUT2D eigenvalue weighted by molar-refractivity contribution is 0.304. The van der Waals surface area contributed by atoms with Crippen LogP contribution in [-0.2, 0) is 58.2 Å². The van der Waals surface area contributed by atoms with Gasteiger partial charge in [0.25, 0.3) is 0 Å². The normalized spacial score (nSPS) is 13.2. The number of aromatic hydroxyl groups is 4. The summed E-state index contributed by atoms with van der Waals surface area (Å²) < 4.78 is 28.7. The third-order valence-corrected chi connectivity index (χ3v) is 23.8. The first-order valence-corrected chi connectivity index (χ1v) is 45.9. The summed E-state index contributed by atoms with van der Waals surface area (Å²) in [5.41, 5.74) is 22.2. The van der Waals surface area contributed by atoms with Crippen molar-refractivity contribution in [2.24, 2.45) is 20.0 Å². The molecule has 12 nitrogen and oxygen atoms in total. The minimum Gasteiger partial charge on any atom is -0.507 e. The van der Waals surface area contributed by atoms with Crippen LogP contribution in [0.5, 0.6) is 46.0 Å². The van der Waals surface area contributed by atoms with Gasteiger partial charge in [-0.25, -0.2) is 9.98 Å². The molecule has 128 heavy (non-hydrogen) atoms. The summed E-state index contributed by atoms with van der Waals surface area (Å²) in [6.45, 7) is 49.2. The van der Waals surface area contributed by atoms with Gasteiger partial charge >= 0.3 is 0 Å². The highest BCUT2D eigenvalue weighted by Gasteiger charge is 2.33. The number of hydrogen-bond acceptors (Lipinski definition) is 12. The van der Waals surface area contributed by atoms with Crippen molar-refractivity contribution in [3.63, 3.8) is 0 Å². The summed E-state index contributed by atoms with van der Waals surface area (Å²) in [5.74, 6) is 3.86. The highest BCUT2D eigenvalue weighted by atomic mass is 16.5. The molecule has 1 aliphatic rings. The molecule has 12 heteroatoms. The number of nitrogens with zero attached hydrogens (tertiary/aromatic N) is 4. The van der Waals surface area contributed by atoms with Crippen molar-refractivity contribution in [1.82, 2.24) is 0 Å². The second-order valence-corrected chi connectivity index (χ2v) is 40.6. The number of phenols is 4. The van der Waals surface area contributed by atoms with Gasteiger partial charge in [0.1, 0.15) is 46.0 Å². The van der Waals surface area contributed by atoms with Crippen LogP contribution in [0.15, 0.2) is 238 Å². The largest absolute Gasteiger partial charge is 0.507 e. The first kappa shape index (κ1) is 93.4. The average Bonchev–Trinajstić information content (AvgIpc) is 0.775. The maximum Gasteiger partial charge on any atom is 0.128 e. The molecule has 0 atom stereocenters. The predicted octanol–water partition coefficient (Wildman–Crippen LogP) is 29.3. The fourth-order valence-electron chi connectivity index (χ4n) is 16.8. The summed E-state index contributed by atoms with van der Waals surface area (Å²) >= 11 is 0. The van der Waals surface area contributed by atoms with Gasteiger partial charge in [-0.1, -0.05) is 286 Å². The van der Waals surface area contributed by atoms with Gasteiger partial charge in [-0.3, -0.25) is 9.98 Å². The number of ether oxygens (including phenoxy) is 4. The molecule has 13 rings (SSSR count). The number of phenolic OH excluding ortho intramolecular Hbond substituents is 4. The summed E-state index contributed by atoms with van der Waals surface area (Å²) in [6.07, 6.45) is 8.41. The molecule has 0 amide bonds. The lowest BCUT2D eigenvalue weighted by Gasteiger charge is -2.28. The fraction of sp³-hybridized carbons (Fsp3) is 0.345. The van der Waals surface area contributed by atoms with Crippen LogP contribution in [0, 0.1) is 0 Å². The molecule has 12 aromatic rings. The van der Waals surface area contributed by atoms with Crippen molar-refractivity contribution in [3.05, 3.63) is 330 Å². The predicted molar refractivity (Wildman–Crippen MR) is 534 cm³/mol. The number of para-hydroxylation sites is 6. The smallest absolute Gasteiger partial charge is 0.128 e. The van der Waals surface area contributed by atoms with Crippen molar-refractivity contribution in [1.29, 1.82) is 0 Å². The lowest BCUT2D eigenvalue weighted by Crippen LogP contribution is -2.19. The number of hydrogen-bond donors (Lipinski definition) is 4. The van der Waals surface area contributed by atoms with E-state index in [0.29, 0.717) is 109 Å². The van der Waals surface area contributed by atoms with E-state index in [4.69, 9.17) is 38.9 Å². The molecule has 0 unspecified atom stereocenters. The van der Waals surface area contributed by atoms with Crippen LogP contribution >= 0.6 is 0 Å². The first-order valence-electron chi connectivity index (χ1n) is 45.9. The Hall–Kier alpha value is -12.3. The van der Waals surface area contributed by atoms with Crippen LogP contribution in [0.3, 0.4) is 0 Å². The quantitative estimate of drug-likeness (QED) is 0.0434. The van der Waals surface area contributed by atoms with Crippen LogP contribution < -0.4 is 18.9 Å². The Balaban J connectivity index is 0.971. The van der Waals surface area contributed by atoms with E-state index in [-0.39, 0.29) is 44.7 Å². The van der Waals surface area contributed by atoms with Gasteiger partial charge in [-0.2, -0.15) is 0 Å². The van der Waals surface area contributed by atoms with E-state index in [1.54, 1.807) is 12.4 Å². The van der Waals surface area contributed by atoms with Gasteiger partial charge < -0.3 is 39.4 Å². The van der Waals surface area contributed by atoms with Gasteiger partial charge in [-0.05, 0) is 221 Å². The Labute approximate surface area is 761 Å². The second-order valence-electron chi connectivity index (χ2n) is 40.6. The summed E-state index contributed by atoms with van der Waals surface area (Å²) in [4.78, 5) is 21.5. The molecule has 0 saturated heterocycles. The Bertz CT molecular complexity index is 5700. The first-order chi connectivity index (χ1) is 60.7. The minimum absolute atomic E-state index is 0.131. The SMILES string of the molecule is CCCOc1c2cccc1Cc1cc(-c3cc(C=Nc4ccccc4N=C(c4ccccc4)c4cc(C(C)(C)C)cc(C(C)(C)C)c4O)c(O)c(C(C)(C)C)c3)cc(c1OCCC)Cc1cccc(c1OCCC)Cc1cc(-c3cc(C=Nc4ccccc4N=C(c4ccccc4)c4cc(C(C)(C)C)cc(C(C)(C)C)c4O)c(O)c(C(C)(C)C)c3)cc(c1OCCC)C2. The number of rotatable bonds is 24. The Kier molecular flexibility index (Phi) is 28.2. The van der Waals surface area contributed by atoms with Gasteiger partial charge in [-0.15, -0.1) is 0 Å². The zero-order valence-corrected chi connectivity index (χ0v) is 79.6. The molecule has 0 heterocycles. The van der Waals surface area contributed by atoms with E-state index in [1.165, 1.54) is 0 Å². The zero-order valence-electron chi connectivity index (χ0n) is 79.6. The maximum absolute atomic E-state index is 12.8. The van der Waals surface area contributed by atoms with Crippen LogP contribution in [0.4, 0.5) is 22.7 Å². The fourth-order valence-corrected chi connectivity index (χ4v) is 16.8. The summed E-state index contributed by atoms with van der Waals surface area (Å²) in [7, 11) is 0. The molecule has 664 valence electrons. The van der Waals surface area contributed by atoms with Crippen molar-refractivity contribution in [2.45, 2.75) is 236 Å². The third kappa shape index (κ3) is 21.4. The molecular formula is C116H132N4O8. The zero-order chi connectivity index (χ0) is 92.0. The topological polar surface area (TPSA) is 167 Å². The molecule has 0 spiro atoms. The Morgan fingerprint density at radius 3 is 0.828 bits per heavy atom. The molecule has 0 fully saturated rings. The van der Waals surface area contributed by atoms with Crippen LogP contribution in [0.25, 0.3) is 22.3 Å². The van der Waals surface area contributed by atoms with Crippen LogP contribution in [0.1, 0.15) is 289 Å². The average molecular weight is 1710 g/mol. The number of aliphatic imine (C=N–C) groups is 4. The molecule has 12 aromatic carbocycles. The van der Waals surface area contributed by atoms with E-state index < -0.39 is 10.8 Å². The van der Waals surface area contributed by atoms with Crippen LogP contribution in [0.2, 0.25) is 0 Å². The molecule has 4 N–H and O–H groups in total. The van der Waals surface area contributed by atoms with E-state index in [9.17, 15) is 20.4 Å². The van der Waals surface area contributed by atoms with E-state index in [0.717, 1.165) is 160 Å². The van der Waals surface area contributed by atoms with Gasteiger partial charge in [0.2, 0.25) is 0 Å². The Morgan fingerprint density at radius 2 is 0.547 bits per heavy atom. The van der Waals surface area contributed by atoms with Crippen molar-refractivity contribution < 1.29 is 39.4 Å². The number of fused-ring (bicyclic) bond motifs is 8. The summed E-state index contributed by atoms with van der Waals surface area (Å²) in [5, 5.41) is 50.4. The van der Waals surface area contributed by atoms with Crippen LogP contribution in [-0.4, -0.2) is 70.7 Å². The molecule has 8 bridgehead atoms. The van der Waals surface area contributed by atoms with Gasteiger partial charge in [0.05, 0.1) is 60.6 Å². The van der Waals surface area contributed by atoms with Crippen molar-refractivity contribution >= 4 is 46.6 Å². The van der Waals surface area contributed by atoms with E-state index in [1.807, 2.05) is 121 Å². The standard InChI is InChI=1S/C116H132N4O8/c1-23-51-125-107-75-43-37-44-76(107)56-84-60-80(82-64-88(104(122)94(66-82)114(14,15)16)72-118-98-48-34-36-50-100(98)120-102(74-41-31-28-32-42-74)92-68-90(112(8,9)10)70-96(106(92)124)116(20,21)22)62-86(110(84)128-54-26-4)58-78-46-38-45-77(108(78)126-52-24-2)57-85-61-79(59-83(55-75)109(85)127-53-25-3)81-63-87(103(121)93(65-81)113(11,12)13)71-117-97-47-33-35-49-99(97)119-101(73-39-29-27-30-40-73)91-67-89(111(5,6)7)69-95(105(91)123)115(17,18)19/h27-50,59-72,121-124H,23-26,51-58H2,1-22H3. The molecule has 0 aromatic heterocycles. The second kappa shape index (κ2) is 38.7. The molecule has 1 aliphatic carbocycles. The van der Waals surface area contributed by atoms with Crippen molar-refractivity contribution in [2.75, 3.05) is 26.4 Å². The van der Waals surface area contributed by atoms with E-state index >= 15 is 0 Å². The Morgan fingerprint density at radius 1 is 0.281 bits per heavy atom. The third-order valence-electron chi connectivity index (χ3n) is 23.8.